The Morgan fingerprint density at radius 3 is 2.35 bits per heavy atom. The van der Waals surface area contributed by atoms with E-state index in [0.717, 1.165) is 22.3 Å². The van der Waals surface area contributed by atoms with E-state index >= 15 is 0 Å². The summed E-state index contributed by atoms with van der Waals surface area (Å²) in [7, 11) is 0. The summed E-state index contributed by atoms with van der Waals surface area (Å²) in [6.07, 6.45) is 0.364. The van der Waals surface area contributed by atoms with Gasteiger partial charge in [-0.05, 0) is 42.2 Å². The van der Waals surface area contributed by atoms with Crippen LogP contribution < -0.4 is 4.90 Å². The number of imide groups is 1. The zero-order valence-electron chi connectivity index (χ0n) is 14.7. The highest BCUT2D eigenvalue weighted by molar-refractivity contribution is 6.25. The topological polar surface area (TPSA) is 54.5 Å². The number of Topliss-reactive ketones (excluding diaryl/α,β-unsaturated/α-hetero) is 1. The van der Waals surface area contributed by atoms with Gasteiger partial charge in [0.25, 0.3) is 0 Å². The van der Waals surface area contributed by atoms with Crippen LogP contribution in [0.15, 0.2) is 42.5 Å². The Labute approximate surface area is 151 Å². The number of rotatable bonds is 1. The van der Waals surface area contributed by atoms with Crippen LogP contribution >= 0.6 is 0 Å². The molecule has 6 rings (SSSR count). The first-order valence-electron chi connectivity index (χ1n) is 9.05. The van der Waals surface area contributed by atoms with Gasteiger partial charge in [0.05, 0.1) is 23.4 Å². The molecule has 2 bridgehead atoms. The maximum absolute atomic E-state index is 13.3. The van der Waals surface area contributed by atoms with Gasteiger partial charge in [-0.15, -0.1) is 0 Å². The van der Waals surface area contributed by atoms with Crippen LogP contribution in [0.2, 0.25) is 0 Å². The molecule has 2 amide bonds. The highest BCUT2D eigenvalue weighted by atomic mass is 16.2. The maximum atomic E-state index is 13.3. The molecule has 0 aromatic heterocycles. The molecule has 4 nitrogen and oxygen atoms in total. The van der Waals surface area contributed by atoms with Gasteiger partial charge in [-0.1, -0.05) is 36.4 Å². The summed E-state index contributed by atoms with van der Waals surface area (Å²) in [4.78, 5) is 40.7. The van der Waals surface area contributed by atoms with Crippen molar-refractivity contribution in [3.8, 4) is 0 Å². The molecule has 0 unspecified atom stereocenters. The minimum absolute atomic E-state index is 0.0962. The number of benzene rings is 2. The molecule has 4 heteroatoms. The SMILES string of the molecule is Cc1ccc(C)c(N2C(=O)[C@H]3[C@H](C2=O)[C@H]2C(=O)C[C@H]3c3ccccc32)c1. The number of carbonyl (C=O) groups is 3. The number of fused-ring (bicyclic) bond motifs is 1. The van der Waals surface area contributed by atoms with E-state index in [1.54, 1.807) is 0 Å². The van der Waals surface area contributed by atoms with Gasteiger partial charge >= 0.3 is 0 Å². The lowest BCUT2D eigenvalue weighted by atomic mass is 9.56. The van der Waals surface area contributed by atoms with Gasteiger partial charge in [0, 0.05) is 12.3 Å². The zero-order chi connectivity index (χ0) is 18.2. The molecule has 0 radical (unpaired) electrons. The lowest BCUT2D eigenvalue weighted by Crippen LogP contribution is -2.44. The number of amides is 2. The van der Waals surface area contributed by atoms with E-state index in [-0.39, 0.29) is 23.5 Å². The van der Waals surface area contributed by atoms with E-state index in [0.29, 0.717) is 12.1 Å². The lowest BCUT2D eigenvalue weighted by Gasteiger charge is -2.43. The molecular weight excluding hydrogens is 326 g/mol. The third-order valence-corrected chi connectivity index (χ3v) is 6.29. The van der Waals surface area contributed by atoms with Crippen molar-refractivity contribution < 1.29 is 14.4 Å². The van der Waals surface area contributed by atoms with Gasteiger partial charge in [0.1, 0.15) is 5.78 Å². The third-order valence-electron chi connectivity index (χ3n) is 6.29. The van der Waals surface area contributed by atoms with Crippen LogP contribution in [-0.2, 0) is 14.4 Å². The van der Waals surface area contributed by atoms with Crippen LogP contribution in [0.4, 0.5) is 5.69 Å². The Balaban J connectivity index is 1.68. The predicted octanol–water partition coefficient (Wildman–Crippen LogP) is 3.26. The van der Waals surface area contributed by atoms with Gasteiger partial charge in [0.15, 0.2) is 0 Å². The Bertz CT molecular complexity index is 993. The number of ketones is 1. The first kappa shape index (κ1) is 15.5. The Morgan fingerprint density at radius 2 is 1.58 bits per heavy atom. The minimum atomic E-state index is -0.552. The molecule has 1 heterocycles. The average molecular weight is 345 g/mol. The second-order valence-corrected chi connectivity index (χ2v) is 7.74. The fraction of sp³-hybridized carbons (Fsp3) is 0.318. The maximum Gasteiger partial charge on any atom is 0.238 e. The monoisotopic (exact) mass is 345 g/mol. The fourth-order valence-corrected chi connectivity index (χ4v) is 5.16. The molecular formula is C22H19NO3. The summed E-state index contributed by atoms with van der Waals surface area (Å²) >= 11 is 0. The van der Waals surface area contributed by atoms with Crippen molar-refractivity contribution >= 4 is 23.3 Å². The molecule has 1 saturated heterocycles. The number of hydrogen-bond acceptors (Lipinski definition) is 3. The van der Waals surface area contributed by atoms with Crippen LogP contribution in [-0.4, -0.2) is 17.6 Å². The second kappa shape index (κ2) is 5.13. The lowest BCUT2D eigenvalue weighted by molar-refractivity contribution is -0.134. The fourth-order valence-electron chi connectivity index (χ4n) is 5.16. The molecule has 4 aliphatic rings. The summed E-state index contributed by atoms with van der Waals surface area (Å²) < 4.78 is 0. The molecule has 0 spiro atoms. The van der Waals surface area contributed by atoms with Crippen LogP contribution in [0.5, 0.6) is 0 Å². The highest BCUT2D eigenvalue weighted by Gasteiger charge is 2.62. The zero-order valence-corrected chi connectivity index (χ0v) is 14.7. The van der Waals surface area contributed by atoms with Crippen LogP contribution in [0, 0.1) is 25.7 Å². The molecule has 1 aliphatic heterocycles. The molecule has 3 aliphatic carbocycles. The van der Waals surface area contributed by atoms with E-state index in [4.69, 9.17) is 0 Å². The van der Waals surface area contributed by atoms with Crippen molar-refractivity contribution in [2.24, 2.45) is 11.8 Å². The van der Waals surface area contributed by atoms with Gasteiger partial charge in [-0.3, -0.25) is 14.4 Å². The molecule has 2 fully saturated rings. The standard InChI is InChI=1S/C22H19NO3/c1-11-7-8-12(2)16(9-11)23-21(25)19-15-10-17(24)18(20(19)22(23)26)14-6-4-3-5-13(14)15/h3-9,15,18-20H,10H2,1-2H3/t15-,18+,19+,20+/m0/s1. The molecule has 130 valence electrons. The average Bonchev–Trinajstić information content (AvgIpc) is 2.89. The van der Waals surface area contributed by atoms with Crippen LogP contribution in [0.25, 0.3) is 0 Å². The van der Waals surface area contributed by atoms with E-state index in [2.05, 4.69) is 0 Å². The van der Waals surface area contributed by atoms with Crippen molar-refractivity contribution in [2.75, 3.05) is 4.90 Å². The number of anilines is 1. The molecule has 26 heavy (non-hydrogen) atoms. The van der Waals surface area contributed by atoms with Crippen molar-refractivity contribution in [1.82, 2.24) is 0 Å². The van der Waals surface area contributed by atoms with Crippen LogP contribution in [0.1, 0.15) is 40.5 Å². The van der Waals surface area contributed by atoms with Crippen molar-refractivity contribution in [1.29, 1.82) is 0 Å². The van der Waals surface area contributed by atoms with Crippen molar-refractivity contribution in [2.45, 2.75) is 32.1 Å². The Kier molecular flexibility index (Phi) is 3.06. The van der Waals surface area contributed by atoms with Gasteiger partial charge in [0.2, 0.25) is 11.8 Å². The van der Waals surface area contributed by atoms with Gasteiger partial charge in [-0.25, -0.2) is 4.90 Å². The normalized spacial score (nSPS) is 29.2. The quantitative estimate of drug-likeness (QED) is 0.746. The smallest absolute Gasteiger partial charge is 0.238 e. The molecule has 1 saturated carbocycles. The van der Waals surface area contributed by atoms with Crippen LogP contribution in [0.3, 0.4) is 0 Å². The molecule has 4 atom stereocenters. The number of carbonyl (C=O) groups excluding carboxylic acids is 3. The number of aryl methyl sites for hydroxylation is 2. The Hall–Kier alpha value is -2.75. The first-order chi connectivity index (χ1) is 12.5. The predicted molar refractivity (Wildman–Crippen MR) is 96.9 cm³/mol. The minimum Gasteiger partial charge on any atom is -0.299 e. The molecule has 0 N–H and O–H groups in total. The van der Waals surface area contributed by atoms with E-state index in [1.165, 1.54) is 4.90 Å². The second-order valence-electron chi connectivity index (χ2n) is 7.74. The molecule has 2 aromatic rings. The van der Waals surface area contributed by atoms with E-state index in [9.17, 15) is 14.4 Å². The Morgan fingerprint density at radius 1 is 0.885 bits per heavy atom. The summed E-state index contributed by atoms with van der Waals surface area (Å²) in [5, 5.41) is 0. The molecule has 2 aromatic carbocycles. The van der Waals surface area contributed by atoms with Gasteiger partial charge in [-0.2, -0.15) is 0 Å². The summed E-state index contributed by atoms with van der Waals surface area (Å²) in [5.74, 6) is -1.90. The summed E-state index contributed by atoms with van der Waals surface area (Å²) in [5.41, 5.74) is 4.57. The first-order valence-corrected chi connectivity index (χ1v) is 9.05. The largest absolute Gasteiger partial charge is 0.299 e. The number of hydrogen-bond donors (Lipinski definition) is 0. The summed E-state index contributed by atoms with van der Waals surface area (Å²) in [6.45, 7) is 3.86. The van der Waals surface area contributed by atoms with E-state index in [1.807, 2.05) is 56.3 Å². The van der Waals surface area contributed by atoms with E-state index < -0.39 is 17.8 Å². The van der Waals surface area contributed by atoms with Crippen molar-refractivity contribution in [3.63, 3.8) is 0 Å². The highest BCUT2D eigenvalue weighted by Crippen LogP contribution is 2.57. The third kappa shape index (κ3) is 1.82. The number of nitrogens with zero attached hydrogens (tertiary/aromatic N) is 1. The summed E-state index contributed by atoms with van der Waals surface area (Å²) in [6, 6.07) is 13.6. The van der Waals surface area contributed by atoms with Crippen molar-refractivity contribution in [3.05, 3.63) is 64.7 Å². The van der Waals surface area contributed by atoms with Gasteiger partial charge < -0.3 is 0 Å².